The molecule has 25 heavy (non-hydrogen) atoms. The molecule has 1 saturated heterocycles. The minimum atomic E-state index is -0.224. The average molecular weight is 342 g/mol. The molecule has 132 valence electrons. The fourth-order valence-corrected chi connectivity index (χ4v) is 3.16. The number of amides is 2. The monoisotopic (exact) mass is 342 g/mol. The molecular formula is C19H23FN4O. The van der Waals surface area contributed by atoms with Gasteiger partial charge in [-0.25, -0.2) is 9.18 Å². The van der Waals surface area contributed by atoms with Gasteiger partial charge in [0, 0.05) is 31.5 Å². The van der Waals surface area contributed by atoms with Crippen molar-refractivity contribution in [3.8, 4) is 0 Å². The van der Waals surface area contributed by atoms with Crippen LogP contribution >= 0.6 is 0 Å². The average Bonchev–Trinajstić information content (AvgIpc) is 2.63. The van der Waals surface area contributed by atoms with Gasteiger partial charge < -0.3 is 15.5 Å². The first-order valence-electron chi connectivity index (χ1n) is 8.60. The van der Waals surface area contributed by atoms with Gasteiger partial charge in [0.1, 0.15) is 5.82 Å². The fraction of sp³-hybridized carbons (Fsp3) is 0.368. The molecular weight excluding hydrogens is 319 g/mol. The van der Waals surface area contributed by atoms with Crippen molar-refractivity contribution < 1.29 is 9.18 Å². The number of anilines is 1. The highest BCUT2D eigenvalue weighted by atomic mass is 19.1. The van der Waals surface area contributed by atoms with Gasteiger partial charge in [-0.15, -0.1) is 0 Å². The Balaban J connectivity index is 1.55. The number of pyridine rings is 1. The van der Waals surface area contributed by atoms with Gasteiger partial charge in [0.2, 0.25) is 0 Å². The molecule has 2 amide bonds. The van der Waals surface area contributed by atoms with Crippen LogP contribution in [0.2, 0.25) is 0 Å². The van der Waals surface area contributed by atoms with Crippen LogP contribution in [0.4, 0.5) is 14.9 Å². The third kappa shape index (κ3) is 4.47. The minimum absolute atomic E-state index is 0.00513. The summed E-state index contributed by atoms with van der Waals surface area (Å²) in [5.41, 5.74) is 1.55. The van der Waals surface area contributed by atoms with Gasteiger partial charge in [0.25, 0.3) is 0 Å². The van der Waals surface area contributed by atoms with E-state index in [1.807, 2.05) is 30.0 Å². The number of hydrogen-bond acceptors (Lipinski definition) is 3. The number of carbonyl (C=O) groups is 1. The van der Waals surface area contributed by atoms with Crippen LogP contribution in [0.15, 0.2) is 48.8 Å². The van der Waals surface area contributed by atoms with E-state index in [0.717, 1.165) is 24.9 Å². The Kier molecular flexibility index (Phi) is 5.48. The molecule has 1 aromatic carbocycles. The number of para-hydroxylation sites is 1. The SMILES string of the molecule is C[C@H](NC(=O)N[C@H]1CCCN(c2ccccc2F)C1)c1cccnc1. The summed E-state index contributed by atoms with van der Waals surface area (Å²) in [4.78, 5) is 18.3. The predicted octanol–water partition coefficient (Wildman–Crippen LogP) is 3.25. The van der Waals surface area contributed by atoms with E-state index in [4.69, 9.17) is 0 Å². The summed E-state index contributed by atoms with van der Waals surface area (Å²) in [5, 5.41) is 5.93. The summed E-state index contributed by atoms with van der Waals surface area (Å²) in [6, 6.07) is 10.2. The molecule has 5 nitrogen and oxygen atoms in total. The molecule has 6 heteroatoms. The summed E-state index contributed by atoms with van der Waals surface area (Å²) in [5.74, 6) is -0.224. The van der Waals surface area contributed by atoms with E-state index >= 15 is 0 Å². The van der Waals surface area contributed by atoms with Crippen LogP contribution in [0.3, 0.4) is 0 Å². The molecule has 1 aliphatic rings. The molecule has 0 radical (unpaired) electrons. The van der Waals surface area contributed by atoms with Crippen molar-refractivity contribution in [2.24, 2.45) is 0 Å². The zero-order valence-corrected chi connectivity index (χ0v) is 14.3. The van der Waals surface area contributed by atoms with Gasteiger partial charge in [-0.1, -0.05) is 18.2 Å². The first kappa shape index (κ1) is 17.2. The Morgan fingerprint density at radius 3 is 2.92 bits per heavy atom. The summed E-state index contributed by atoms with van der Waals surface area (Å²) in [6.45, 7) is 3.32. The van der Waals surface area contributed by atoms with Crippen molar-refractivity contribution in [2.45, 2.75) is 31.8 Å². The molecule has 1 fully saturated rings. The molecule has 3 rings (SSSR count). The zero-order valence-electron chi connectivity index (χ0n) is 14.3. The highest BCUT2D eigenvalue weighted by molar-refractivity contribution is 5.74. The Hall–Kier alpha value is -2.63. The van der Waals surface area contributed by atoms with E-state index in [2.05, 4.69) is 15.6 Å². The number of nitrogens with zero attached hydrogens (tertiary/aromatic N) is 2. The van der Waals surface area contributed by atoms with E-state index in [9.17, 15) is 9.18 Å². The first-order valence-corrected chi connectivity index (χ1v) is 8.60. The van der Waals surface area contributed by atoms with Gasteiger partial charge in [0.15, 0.2) is 0 Å². The Morgan fingerprint density at radius 2 is 2.16 bits per heavy atom. The number of nitrogens with one attached hydrogen (secondary N) is 2. The van der Waals surface area contributed by atoms with Crippen LogP contribution in [0.5, 0.6) is 0 Å². The summed E-state index contributed by atoms with van der Waals surface area (Å²) in [6.07, 6.45) is 5.25. The van der Waals surface area contributed by atoms with Crippen LogP contribution in [0.1, 0.15) is 31.4 Å². The summed E-state index contributed by atoms with van der Waals surface area (Å²) < 4.78 is 14.0. The molecule has 0 spiro atoms. The fourth-order valence-electron chi connectivity index (χ4n) is 3.16. The van der Waals surface area contributed by atoms with Crippen LogP contribution < -0.4 is 15.5 Å². The third-order valence-electron chi connectivity index (χ3n) is 4.48. The van der Waals surface area contributed by atoms with Gasteiger partial charge in [-0.2, -0.15) is 0 Å². The largest absolute Gasteiger partial charge is 0.367 e. The van der Waals surface area contributed by atoms with Crippen LogP contribution in [0, 0.1) is 5.82 Å². The number of rotatable bonds is 4. The highest BCUT2D eigenvalue weighted by Gasteiger charge is 2.23. The molecule has 0 saturated carbocycles. The summed E-state index contributed by atoms with van der Waals surface area (Å²) in [7, 11) is 0. The Bertz CT molecular complexity index is 710. The third-order valence-corrected chi connectivity index (χ3v) is 4.48. The van der Waals surface area contributed by atoms with Crippen molar-refractivity contribution in [1.82, 2.24) is 15.6 Å². The lowest BCUT2D eigenvalue weighted by atomic mass is 10.0. The number of benzene rings is 1. The minimum Gasteiger partial charge on any atom is -0.367 e. The number of aromatic nitrogens is 1. The normalized spacial score (nSPS) is 18.5. The van der Waals surface area contributed by atoms with Gasteiger partial charge in [-0.05, 0) is 43.5 Å². The maximum atomic E-state index is 14.0. The van der Waals surface area contributed by atoms with Crippen LogP contribution in [0.25, 0.3) is 0 Å². The molecule has 1 aliphatic heterocycles. The number of hydrogen-bond donors (Lipinski definition) is 2. The van der Waals surface area contributed by atoms with Gasteiger partial charge >= 0.3 is 6.03 Å². The molecule has 0 aliphatic carbocycles. The smallest absolute Gasteiger partial charge is 0.315 e. The van der Waals surface area contributed by atoms with Gasteiger partial charge in [-0.3, -0.25) is 4.98 Å². The van der Waals surface area contributed by atoms with Crippen molar-refractivity contribution >= 4 is 11.7 Å². The van der Waals surface area contributed by atoms with E-state index in [1.165, 1.54) is 6.07 Å². The maximum absolute atomic E-state index is 14.0. The molecule has 2 heterocycles. The van der Waals surface area contributed by atoms with Crippen LogP contribution in [-0.2, 0) is 0 Å². The molecule has 0 bridgehead atoms. The lowest BCUT2D eigenvalue weighted by molar-refractivity contribution is 0.232. The Morgan fingerprint density at radius 1 is 1.32 bits per heavy atom. The molecule has 0 unspecified atom stereocenters. The van der Waals surface area contributed by atoms with Crippen molar-refractivity contribution in [1.29, 1.82) is 0 Å². The lowest BCUT2D eigenvalue weighted by Gasteiger charge is -2.35. The molecule has 2 N–H and O–H groups in total. The van der Waals surface area contributed by atoms with Crippen molar-refractivity contribution in [3.63, 3.8) is 0 Å². The maximum Gasteiger partial charge on any atom is 0.315 e. The topological polar surface area (TPSA) is 57.3 Å². The second kappa shape index (κ2) is 7.96. The molecule has 1 aromatic heterocycles. The second-order valence-corrected chi connectivity index (χ2v) is 6.36. The van der Waals surface area contributed by atoms with E-state index < -0.39 is 0 Å². The number of halogens is 1. The van der Waals surface area contributed by atoms with E-state index in [0.29, 0.717) is 12.2 Å². The summed E-state index contributed by atoms with van der Waals surface area (Å²) >= 11 is 0. The number of carbonyl (C=O) groups excluding carboxylic acids is 1. The van der Waals surface area contributed by atoms with E-state index in [-0.39, 0.29) is 23.9 Å². The Labute approximate surface area is 147 Å². The van der Waals surface area contributed by atoms with Crippen molar-refractivity contribution in [2.75, 3.05) is 18.0 Å². The predicted molar refractivity (Wildman–Crippen MR) is 96.0 cm³/mol. The highest BCUT2D eigenvalue weighted by Crippen LogP contribution is 2.23. The number of piperidine rings is 1. The van der Waals surface area contributed by atoms with Gasteiger partial charge in [0.05, 0.1) is 11.7 Å². The second-order valence-electron chi connectivity index (χ2n) is 6.36. The lowest BCUT2D eigenvalue weighted by Crippen LogP contribution is -2.51. The quantitative estimate of drug-likeness (QED) is 0.897. The molecule has 2 aromatic rings. The van der Waals surface area contributed by atoms with E-state index in [1.54, 1.807) is 24.5 Å². The first-order chi connectivity index (χ1) is 12.1. The van der Waals surface area contributed by atoms with Crippen LogP contribution in [-0.4, -0.2) is 30.1 Å². The van der Waals surface area contributed by atoms with Crippen molar-refractivity contribution in [3.05, 3.63) is 60.2 Å². The molecule has 2 atom stereocenters. The number of urea groups is 1. The zero-order chi connectivity index (χ0) is 17.6. The standard InChI is InChI=1S/C19H23FN4O/c1-14(15-6-4-10-21-12-15)22-19(25)23-16-7-5-11-24(13-16)18-9-3-2-8-17(18)20/h2-4,6,8-10,12,14,16H,5,7,11,13H2,1H3,(H2,22,23,25)/t14-,16-/m0/s1.